The number of piperazine rings is 3. The van der Waals surface area contributed by atoms with Gasteiger partial charge in [0.15, 0.2) is 0 Å². The van der Waals surface area contributed by atoms with Crippen LogP contribution in [0.4, 0.5) is 0 Å². The highest BCUT2D eigenvalue weighted by Gasteiger charge is 2.51. The lowest BCUT2D eigenvalue weighted by molar-refractivity contribution is 0.134. The molecule has 134 valence electrons. The Labute approximate surface area is 150 Å². The van der Waals surface area contributed by atoms with Crippen molar-refractivity contribution >= 4 is 22.5 Å². The molecule has 23 heavy (non-hydrogen) atoms. The maximum atomic E-state index is 4.39. The number of halogens is 1. The van der Waals surface area contributed by atoms with E-state index in [2.05, 4.69) is 64.8 Å². The summed E-state index contributed by atoms with van der Waals surface area (Å²) in [6.45, 7) is 14.4. The maximum absolute atomic E-state index is 4.39. The van der Waals surface area contributed by atoms with Crippen molar-refractivity contribution in [3.63, 3.8) is 0 Å². The van der Waals surface area contributed by atoms with Crippen LogP contribution in [-0.2, 0) is 0 Å². The van der Waals surface area contributed by atoms with Crippen molar-refractivity contribution < 1.29 is 0 Å². The van der Waals surface area contributed by atoms with Gasteiger partial charge in [0.25, 0.3) is 0 Å². The average Bonchev–Trinajstić information content (AvgIpc) is 2.56. The lowest BCUT2D eigenvalue weighted by Gasteiger charge is -2.55. The minimum Gasteiger partial charge on any atom is -0.304 e. The van der Waals surface area contributed by atoms with Crippen molar-refractivity contribution in [1.82, 2.24) is 28.4 Å². The number of nitrogens with zero attached hydrogens (tertiary/aromatic N) is 6. The van der Waals surface area contributed by atoms with E-state index >= 15 is 0 Å². The molecule has 0 amide bonds. The molecule has 8 heteroatoms. The first-order chi connectivity index (χ1) is 11.0. The van der Waals surface area contributed by atoms with E-state index in [1.807, 2.05) is 0 Å². The van der Waals surface area contributed by atoms with Crippen LogP contribution < -0.4 is 0 Å². The molecule has 3 aliphatic heterocycles. The van der Waals surface area contributed by atoms with E-state index in [1.54, 1.807) is 0 Å². The molecule has 0 saturated carbocycles. The Morgan fingerprint density at radius 3 is 0.913 bits per heavy atom. The van der Waals surface area contributed by atoms with Gasteiger partial charge in [0.2, 0.25) is 0 Å². The van der Waals surface area contributed by atoms with Crippen molar-refractivity contribution in [2.24, 2.45) is 0 Å². The Morgan fingerprint density at radius 2 is 0.696 bits per heavy atom. The molecule has 3 rings (SSSR count). The van der Waals surface area contributed by atoms with Crippen LogP contribution in [0.15, 0.2) is 0 Å². The zero-order valence-electron chi connectivity index (χ0n) is 15.0. The van der Waals surface area contributed by atoms with Crippen LogP contribution in [-0.4, -0.2) is 135 Å². The minimum atomic E-state index is -1.90. The lowest BCUT2D eigenvalue weighted by Crippen LogP contribution is -2.77. The van der Waals surface area contributed by atoms with Gasteiger partial charge in [-0.2, -0.15) is 0 Å². The Kier molecular flexibility index (Phi) is 6.17. The van der Waals surface area contributed by atoms with E-state index in [0.29, 0.717) is 0 Å². The molecule has 0 aromatic rings. The van der Waals surface area contributed by atoms with Crippen LogP contribution in [0.2, 0.25) is 0 Å². The van der Waals surface area contributed by atoms with Crippen LogP contribution in [0.25, 0.3) is 0 Å². The smallest absolute Gasteiger partial charge is 0.304 e. The molecule has 0 spiro atoms. The van der Waals surface area contributed by atoms with Crippen molar-refractivity contribution in [3.8, 4) is 0 Å². The molecular weight excluding hydrogens is 372 g/mol. The lowest BCUT2D eigenvalue weighted by atomic mass is 10.4. The molecule has 0 aliphatic carbocycles. The summed E-state index contributed by atoms with van der Waals surface area (Å²) >= 11 is 4.39. The molecule has 3 fully saturated rings. The largest absolute Gasteiger partial charge is 0.365 e. The van der Waals surface area contributed by atoms with Gasteiger partial charge in [0.1, 0.15) is 0 Å². The third-order valence-corrected chi connectivity index (χ3v) is 14.0. The van der Waals surface area contributed by atoms with Gasteiger partial charge in [0.05, 0.1) is 0 Å². The number of rotatable bonds is 3. The van der Waals surface area contributed by atoms with Crippen LogP contribution in [0.3, 0.4) is 0 Å². The van der Waals surface area contributed by atoms with E-state index in [1.165, 1.54) is 78.5 Å². The summed E-state index contributed by atoms with van der Waals surface area (Å²) in [5.74, 6) is 0. The second-order valence-electron chi connectivity index (χ2n) is 7.42. The number of likely N-dealkylation sites (N-methyl/N-ethyl adjacent to an activating group) is 3. The highest BCUT2D eigenvalue weighted by molar-refractivity contribution is 9.25. The summed E-state index contributed by atoms with van der Waals surface area (Å²) in [5.41, 5.74) is 0. The zero-order chi connectivity index (χ0) is 16.4. The molecular formula is C15H33BrN6Si. The van der Waals surface area contributed by atoms with Gasteiger partial charge in [-0.1, -0.05) is 15.3 Å². The fourth-order valence-electron chi connectivity index (χ4n) is 3.87. The number of hydrogen-bond donors (Lipinski definition) is 0. The topological polar surface area (TPSA) is 19.4 Å². The molecule has 0 bridgehead atoms. The number of hydrogen-bond acceptors (Lipinski definition) is 6. The quantitative estimate of drug-likeness (QED) is 0.465. The second-order valence-corrected chi connectivity index (χ2v) is 13.6. The van der Waals surface area contributed by atoms with E-state index in [0.717, 1.165) is 0 Å². The van der Waals surface area contributed by atoms with E-state index in [4.69, 9.17) is 0 Å². The van der Waals surface area contributed by atoms with E-state index in [9.17, 15) is 0 Å². The fourth-order valence-corrected chi connectivity index (χ4v) is 10.6. The molecule has 0 N–H and O–H groups in total. The van der Waals surface area contributed by atoms with Gasteiger partial charge >= 0.3 is 7.18 Å². The molecule has 0 atom stereocenters. The first-order valence-corrected chi connectivity index (χ1v) is 13.1. The summed E-state index contributed by atoms with van der Waals surface area (Å²) in [5, 5.41) is 0. The third kappa shape index (κ3) is 4.00. The highest BCUT2D eigenvalue weighted by atomic mass is 79.9. The molecule has 0 aromatic heterocycles. The Morgan fingerprint density at radius 1 is 0.478 bits per heavy atom. The summed E-state index contributed by atoms with van der Waals surface area (Å²) in [6, 6.07) is 0. The predicted octanol–water partition coefficient (Wildman–Crippen LogP) is -0.441. The normalized spacial score (nSPS) is 29.2. The SMILES string of the molecule is CN1CCN([Si](Br)(N2CCN(C)CC2)N2CCN(C)CC2)CC1. The zero-order valence-corrected chi connectivity index (χ0v) is 17.6. The monoisotopic (exact) mass is 404 g/mol. The van der Waals surface area contributed by atoms with Crippen LogP contribution >= 0.6 is 15.3 Å². The maximum Gasteiger partial charge on any atom is 0.365 e. The molecule has 0 radical (unpaired) electrons. The van der Waals surface area contributed by atoms with Crippen molar-refractivity contribution in [2.45, 2.75) is 0 Å². The third-order valence-electron chi connectivity index (χ3n) is 5.72. The van der Waals surface area contributed by atoms with Crippen molar-refractivity contribution in [3.05, 3.63) is 0 Å². The second kappa shape index (κ2) is 7.78. The Bertz CT molecular complexity index is 321. The molecule has 0 aromatic carbocycles. The van der Waals surface area contributed by atoms with Gasteiger partial charge in [-0.05, 0) is 21.1 Å². The van der Waals surface area contributed by atoms with Crippen LogP contribution in [0.5, 0.6) is 0 Å². The summed E-state index contributed by atoms with van der Waals surface area (Å²) < 4.78 is 8.43. The molecule has 3 aliphatic rings. The van der Waals surface area contributed by atoms with Gasteiger partial charge < -0.3 is 14.7 Å². The summed E-state index contributed by atoms with van der Waals surface area (Å²) in [4.78, 5) is 7.39. The molecule has 3 saturated heterocycles. The van der Waals surface area contributed by atoms with E-state index in [-0.39, 0.29) is 0 Å². The highest BCUT2D eigenvalue weighted by Crippen LogP contribution is 2.30. The summed E-state index contributed by atoms with van der Waals surface area (Å²) in [7, 11) is 4.85. The van der Waals surface area contributed by atoms with Crippen LogP contribution in [0.1, 0.15) is 0 Å². The molecule has 0 unspecified atom stereocenters. The van der Waals surface area contributed by atoms with Crippen molar-refractivity contribution in [2.75, 3.05) is 99.7 Å². The van der Waals surface area contributed by atoms with Gasteiger partial charge in [0, 0.05) is 78.5 Å². The van der Waals surface area contributed by atoms with Gasteiger partial charge in [-0.25, -0.2) is 0 Å². The van der Waals surface area contributed by atoms with Crippen molar-refractivity contribution in [1.29, 1.82) is 0 Å². The van der Waals surface area contributed by atoms with Crippen LogP contribution in [0, 0.1) is 0 Å². The van der Waals surface area contributed by atoms with Gasteiger partial charge in [-0.3, -0.25) is 13.7 Å². The first kappa shape index (κ1) is 18.3. The molecule has 3 heterocycles. The fraction of sp³-hybridized carbons (Fsp3) is 1.00. The minimum absolute atomic E-state index is 1.20. The summed E-state index contributed by atoms with van der Waals surface area (Å²) in [6.07, 6.45) is 0. The predicted molar refractivity (Wildman–Crippen MR) is 102 cm³/mol. The standard InChI is InChI=1S/C15H33BrN6Si/c1-17-4-10-20(11-5-17)23(16,21-12-6-18(2)7-13-21)22-14-8-19(3)9-15-22/h4-15H2,1-3H3. The average molecular weight is 405 g/mol. The Balaban J connectivity index is 1.77. The van der Waals surface area contributed by atoms with Gasteiger partial charge in [-0.15, -0.1) is 0 Å². The van der Waals surface area contributed by atoms with E-state index < -0.39 is 7.18 Å². The molecule has 6 nitrogen and oxygen atoms in total. The first-order valence-electron chi connectivity index (χ1n) is 9.00. The Hall–Kier alpha value is 0.457.